The molecule has 1 aliphatic rings. The van der Waals surface area contributed by atoms with E-state index in [0.29, 0.717) is 11.3 Å². The Balaban J connectivity index is 1.86. The Hall–Kier alpha value is -1.86. The van der Waals surface area contributed by atoms with Crippen molar-refractivity contribution in [3.63, 3.8) is 0 Å². The molecule has 2 heterocycles. The third kappa shape index (κ3) is 2.79. The molecule has 0 fully saturated rings. The minimum atomic E-state index is -0.453. The van der Waals surface area contributed by atoms with Crippen LogP contribution in [0, 0.1) is 0 Å². The van der Waals surface area contributed by atoms with Gasteiger partial charge in [0.2, 0.25) is 0 Å². The molecular formula is C14H12N2O3S2. The molecule has 21 heavy (non-hydrogen) atoms. The maximum Gasteiger partial charge on any atom is 0.331 e. The Labute approximate surface area is 129 Å². The Morgan fingerprint density at radius 2 is 2.24 bits per heavy atom. The number of phenolic OH excluding ortho intramolecular Hbond substituents is 1. The van der Waals surface area contributed by atoms with E-state index in [-0.39, 0.29) is 11.7 Å². The van der Waals surface area contributed by atoms with Crippen molar-refractivity contribution in [2.24, 2.45) is 4.99 Å². The van der Waals surface area contributed by atoms with Gasteiger partial charge in [0, 0.05) is 11.1 Å². The quantitative estimate of drug-likeness (QED) is 0.880. The SMILES string of the molecule is COC(=O)[C@@H]1CSC(c2csc(-c3ccccc3O)n2)=N1. The highest BCUT2D eigenvalue weighted by Gasteiger charge is 2.27. The molecule has 0 radical (unpaired) electrons. The fourth-order valence-corrected chi connectivity index (χ4v) is 3.81. The van der Waals surface area contributed by atoms with Crippen LogP contribution in [0.15, 0.2) is 34.6 Å². The van der Waals surface area contributed by atoms with Crippen molar-refractivity contribution in [1.82, 2.24) is 4.98 Å². The van der Waals surface area contributed by atoms with Crippen molar-refractivity contribution >= 4 is 34.1 Å². The predicted molar refractivity (Wildman–Crippen MR) is 84.0 cm³/mol. The molecule has 2 aromatic rings. The second-order valence-electron chi connectivity index (χ2n) is 4.34. The Bertz CT molecular complexity index is 712. The van der Waals surface area contributed by atoms with Gasteiger partial charge in [0.05, 0.1) is 12.7 Å². The normalized spacial score (nSPS) is 17.6. The van der Waals surface area contributed by atoms with Crippen LogP contribution in [0.5, 0.6) is 5.75 Å². The summed E-state index contributed by atoms with van der Waals surface area (Å²) < 4.78 is 4.70. The molecule has 1 aliphatic heterocycles. The average molecular weight is 320 g/mol. The summed E-state index contributed by atoms with van der Waals surface area (Å²) in [5.74, 6) is 0.450. The van der Waals surface area contributed by atoms with Crippen molar-refractivity contribution in [2.45, 2.75) is 6.04 Å². The van der Waals surface area contributed by atoms with Gasteiger partial charge in [-0.2, -0.15) is 0 Å². The third-order valence-corrected chi connectivity index (χ3v) is 4.93. The second-order valence-corrected chi connectivity index (χ2v) is 6.21. The number of esters is 1. The van der Waals surface area contributed by atoms with Gasteiger partial charge < -0.3 is 9.84 Å². The van der Waals surface area contributed by atoms with Crippen LogP contribution in [0.2, 0.25) is 0 Å². The van der Waals surface area contributed by atoms with Gasteiger partial charge in [0.15, 0.2) is 6.04 Å². The van der Waals surface area contributed by atoms with Gasteiger partial charge in [-0.1, -0.05) is 12.1 Å². The molecule has 3 rings (SSSR count). The lowest BCUT2D eigenvalue weighted by molar-refractivity contribution is -0.141. The van der Waals surface area contributed by atoms with E-state index in [9.17, 15) is 9.90 Å². The van der Waals surface area contributed by atoms with Gasteiger partial charge in [-0.3, -0.25) is 4.99 Å². The maximum absolute atomic E-state index is 11.5. The first-order chi connectivity index (χ1) is 10.2. The lowest BCUT2D eigenvalue weighted by atomic mass is 10.2. The molecular weight excluding hydrogens is 308 g/mol. The van der Waals surface area contributed by atoms with Gasteiger partial charge in [0.1, 0.15) is 21.5 Å². The zero-order chi connectivity index (χ0) is 14.8. The number of rotatable bonds is 3. The smallest absolute Gasteiger partial charge is 0.331 e. The van der Waals surface area contributed by atoms with Gasteiger partial charge in [-0.05, 0) is 12.1 Å². The van der Waals surface area contributed by atoms with Crippen LogP contribution in [0.3, 0.4) is 0 Å². The van der Waals surface area contributed by atoms with Crippen molar-refractivity contribution in [2.75, 3.05) is 12.9 Å². The van der Waals surface area contributed by atoms with E-state index in [1.165, 1.54) is 30.2 Å². The summed E-state index contributed by atoms with van der Waals surface area (Å²) in [6.45, 7) is 0. The monoisotopic (exact) mass is 320 g/mol. The van der Waals surface area contributed by atoms with Crippen LogP contribution in [0.25, 0.3) is 10.6 Å². The number of thiazole rings is 1. The Morgan fingerprint density at radius 1 is 1.43 bits per heavy atom. The summed E-state index contributed by atoms with van der Waals surface area (Å²) >= 11 is 2.93. The number of aromatic nitrogens is 1. The first-order valence-corrected chi connectivity index (χ1v) is 8.08. The van der Waals surface area contributed by atoms with Gasteiger partial charge in [-0.15, -0.1) is 23.1 Å². The zero-order valence-corrected chi connectivity index (χ0v) is 12.8. The van der Waals surface area contributed by atoms with Crippen LogP contribution in [-0.4, -0.2) is 40.0 Å². The molecule has 1 N–H and O–H groups in total. The number of carbonyl (C=O) groups excluding carboxylic acids is 1. The standard InChI is InChI=1S/C14H12N2O3S2/c1-19-14(18)10-7-21-13(16-10)9-6-20-12(15-9)8-4-2-3-5-11(8)17/h2-6,10,17H,7H2,1H3/t10-/m0/s1. The van der Waals surface area contributed by atoms with Crippen molar-refractivity contribution < 1.29 is 14.6 Å². The minimum Gasteiger partial charge on any atom is -0.507 e. The summed E-state index contributed by atoms with van der Waals surface area (Å²) in [6, 6.07) is 6.62. The van der Waals surface area contributed by atoms with E-state index in [4.69, 9.17) is 4.74 Å². The van der Waals surface area contributed by atoms with Crippen LogP contribution in [0.1, 0.15) is 5.69 Å². The number of nitrogens with zero attached hydrogens (tertiary/aromatic N) is 2. The highest BCUT2D eigenvalue weighted by Crippen LogP contribution is 2.33. The van der Waals surface area contributed by atoms with E-state index in [0.717, 1.165) is 15.7 Å². The molecule has 1 atom stereocenters. The molecule has 0 unspecified atom stereocenters. The van der Waals surface area contributed by atoms with E-state index in [2.05, 4.69) is 9.98 Å². The fourth-order valence-electron chi connectivity index (χ4n) is 1.92. The largest absolute Gasteiger partial charge is 0.507 e. The molecule has 5 nitrogen and oxygen atoms in total. The summed E-state index contributed by atoms with van der Waals surface area (Å²) in [7, 11) is 1.36. The van der Waals surface area contributed by atoms with Crippen molar-refractivity contribution in [1.29, 1.82) is 0 Å². The molecule has 0 aliphatic carbocycles. The van der Waals surface area contributed by atoms with Crippen LogP contribution in [-0.2, 0) is 9.53 Å². The third-order valence-electron chi connectivity index (χ3n) is 2.98. The molecule has 0 amide bonds. The van der Waals surface area contributed by atoms with Gasteiger partial charge >= 0.3 is 5.97 Å². The summed E-state index contributed by atoms with van der Waals surface area (Å²) in [5.41, 5.74) is 1.43. The molecule has 108 valence electrons. The number of para-hydroxylation sites is 1. The van der Waals surface area contributed by atoms with Gasteiger partial charge in [-0.25, -0.2) is 9.78 Å². The van der Waals surface area contributed by atoms with Gasteiger partial charge in [0.25, 0.3) is 0 Å². The second kappa shape index (κ2) is 5.87. The molecule has 7 heteroatoms. The topological polar surface area (TPSA) is 71.8 Å². The lowest BCUT2D eigenvalue weighted by Gasteiger charge is -2.00. The number of thioether (sulfide) groups is 1. The number of hydrogen-bond acceptors (Lipinski definition) is 7. The Morgan fingerprint density at radius 3 is 3.00 bits per heavy atom. The Kier molecular flexibility index (Phi) is 3.94. The van der Waals surface area contributed by atoms with E-state index < -0.39 is 6.04 Å². The number of hydrogen-bond donors (Lipinski definition) is 1. The number of ether oxygens (including phenoxy) is 1. The zero-order valence-electron chi connectivity index (χ0n) is 11.1. The molecule has 0 saturated heterocycles. The fraction of sp³-hybridized carbons (Fsp3) is 0.214. The van der Waals surface area contributed by atoms with Crippen molar-refractivity contribution in [3.05, 3.63) is 35.3 Å². The molecule has 1 aromatic carbocycles. The average Bonchev–Trinajstić information content (AvgIpc) is 3.15. The first-order valence-electron chi connectivity index (χ1n) is 6.21. The first kappa shape index (κ1) is 14.1. The van der Waals surface area contributed by atoms with E-state index in [1.807, 2.05) is 17.5 Å². The number of phenols is 1. The lowest BCUT2D eigenvalue weighted by Crippen LogP contribution is -2.19. The van der Waals surface area contributed by atoms with Crippen molar-refractivity contribution in [3.8, 4) is 16.3 Å². The molecule has 0 bridgehead atoms. The minimum absolute atomic E-state index is 0.201. The molecule has 0 saturated carbocycles. The van der Waals surface area contributed by atoms with Crippen LogP contribution in [0.4, 0.5) is 0 Å². The maximum atomic E-state index is 11.5. The van der Waals surface area contributed by atoms with E-state index >= 15 is 0 Å². The summed E-state index contributed by atoms with van der Waals surface area (Å²) in [5, 5.41) is 13.2. The number of aromatic hydroxyl groups is 1. The highest BCUT2D eigenvalue weighted by atomic mass is 32.2. The summed E-state index contributed by atoms with van der Waals surface area (Å²) in [6.07, 6.45) is 0. The molecule has 1 aromatic heterocycles. The highest BCUT2D eigenvalue weighted by molar-refractivity contribution is 8.14. The summed E-state index contributed by atoms with van der Waals surface area (Å²) in [4.78, 5) is 20.3. The molecule has 0 spiro atoms. The number of aliphatic imine (C=N–C) groups is 1. The number of benzene rings is 1. The van der Waals surface area contributed by atoms with Crippen LogP contribution < -0.4 is 0 Å². The number of methoxy groups -OCH3 is 1. The van der Waals surface area contributed by atoms with E-state index in [1.54, 1.807) is 12.1 Å². The predicted octanol–water partition coefficient (Wildman–Crippen LogP) is 2.55. The number of carbonyl (C=O) groups is 1. The van der Waals surface area contributed by atoms with Crippen LogP contribution >= 0.6 is 23.1 Å².